The first-order valence-electron chi connectivity index (χ1n) is 5.29. The van der Waals surface area contributed by atoms with E-state index in [2.05, 4.69) is 10.1 Å². The Kier molecular flexibility index (Phi) is 5.27. The van der Waals surface area contributed by atoms with Crippen molar-refractivity contribution in [3.63, 3.8) is 0 Å². The lowest BCUT2D eigenvalue weighted by Gasteiger charge is -2.20. The van der Waals surface area contributed by atoms with Gasteiger partial charge in [-0.3, -0.25) is 14.4 Å². The van der Waals surface area contributed by atoms with Crippen LogP contribution in [0.15, 0.2) is 0 Å². The average Bonchev–Trinajstić information content (AvgIpc) is 2.74. The maximum absolute atomic E-state index is 11.8. The van der Waals surface area contributed by atoms with Crippen LogP contribution >= 0.6 is 11.8 Å². The molecule has 1 atom stereocenters. The van der Waals surface area contributed by atoms with Gasteiger partial charge < -0.3 is 15.0 Å². The number of hydrogen-bond acceptors (Lipinski definition) is 5. The number of carbonyl (C=O) groups is 3. The predicted molar refractivity (Wildman–Crippen MR) is 63.7 cm³/mol. The third-order valence-electron chi connectivity index (χ3n) is 2.45. The molecular weight excluding hydrogens is 244 g/mol. The standard InChI is InChI=1S/C10H16N2O4S/c1-12(5-3-4-8(13)16-2)9(14)7-6-17-10(15)11-7/h7H,3-6H2,1-2H3,(H,11,15). The molecule has 1 aliphatic heterocycles. The fraction of sp³-hybridized carbons (Fsp3) is 0.700. The van der Waals surface area contributed by atoms with Crippen LogP contribution in [0.2, 0.25) is 0 Å². The van der Waals surface area contributed by atoms with Crippen LogP contribution in [-0.2, 0) is 14.3 Å². The van der Waals surface area contributed by atoms with E-state index in [1.807, 2.05) is 0 Å². The minimum atomic E-state index is -0.435. The van der Waals surface area contributed by atoms with Gasteiger partial charge in [-0.25, -0.2) is 0 Å². The highest BCUT2D eigenvalue weighted by atomic mass is 32.2. The molecule has 17 heavy (non-hydrogen) atoms. The highest BCUT2D eigenvalue weighted by Gasteiger charge is 2.29. The Bertz CT molecular complexity index is 321. The Morgan fingerprint density at radius 2 is 2.29 bits per heavy atom. The van der Waals surface area contributed by atoms with Gasteiger partial charge in [0.1, 0.15) is 6.04 Å². The number of nitrogens with zero attached hydrogens (tertiary/aromatic N) is 1. The van der Waals surface area contributed by atoms with Crippen molar-refractivity contribution < 1.29 is 19.1 Å². The second-order valence-corrected chi connectivity index (χ2v) is 4.73. The van der Waals surface area contributed by atoms with E-state index in [1.54, 1.807) is 7.05 Å². The van der Waals surface area contributed by atoms with Crippen LogP contribution in [0.25, 0.3) is 0 Å². The van der Waals surface area contributed by atoms with Gasteiger partial charge in [-0.05, 0) is 6.42 Å². The minimum Gasteiger partial charge on any atom is -0.469 e. The van der Waals surface area contributed by atoms with Crippen LogP contribution in [0.1, 0.15) is 12.8 Å². The maximum atomic E-state index is 11.8. The van der Waals surface area contributed by atoms with E-state index in [4.69, 9.17) is 0 Å². The molecule has 1 rings (SSSR count). The van der Waals surface area contributed by atoms with Crippen LogP contribution < -0.4 is 5.32 Å². The number of thioether (sulfide) groups is 1. The minimum absolute atomic E-state index is 0.117. The number of ether oxygens (including phenoxy) is 1. The molecule has 1 unspecified atom stereocenters. The summed E-state index contributed by atoms with van der Waals surface area (Å²) in [4.78, 5) is 35.2. The number of hydrogen-bond donors (Lipinski definition) is 1. The molecule has 1 heterocycles. The Balaban J connectivity index is 2.27. The molecule has 0 aromatic carbocycles. The number of rotatable bonds is 5. The number of carbonyl (C=O) groups excluding carboxylic acids is 3. The summed E-state index contributed by atoms with van der Waals surface area (Å²) in [5.41, 5.74) is 0. The van der Waals surface area contributed by atoms with E-state index >= 15 is 0 Å². The van der Waals surface area contributed by atoms with Gasteiger partial charge in [-0.15, -0.1) is 0 Å². The molecule has 1 aliphatic rings. The zero-order valence-electron chi connectivity index (χ0n) is 9.89. The Morgan fingerprint density at radius 3 is 2.82 bits per heavy atom. The first kappa shape index (κ1) is 13.8. The van der Waals surface area contributed by atoms with Crippen LogP contribution in [0.4, 0.5) is 4.79 Å². The van der Waals surface area contributed by atoms with Gasteiger partial charge >= 0.3 is 5.97 Å². The zero-order valence-corrected chi connectivity index (χ0v) is 10.7. The summed E-state index contributed by atoms with van der Waals surface area (Å²) in [6.07, 6.45) is 0.850. The average molecular weight is 260 g/mol. The molecule has 2 amide bonds. The summed E-state index contributed by atoms with van der Waals surface area (Å²) in [5, 5.41) is 2.43. The topological polar surface area (TPSA) is 75.7 Å². The first-order chi connectivity index (χ1) is 8.04. The van der Waals surface area contributed by atoms with E-state index in [9.17, 15) is 14.4 Å². The molecular formula is C10H16N2O4S. The monoisotopic (exact) mass is 260 g/mol. The van der Waals surface area contributed by atoms with Crippen LogP contribution in [0.5, 0.6) is 0 Å². The SMILES string of the molecule is COC(=O)CCCN(C)C(=O)C1CSC(=O)N1. The van der Waals surface area contributed by atoms with Gasteiger partial charge in [0.05, 0.1) is 7.11 Å². The summed E-state index contributed by atoms with van der Waals surface area (Å²) in [6, 6.07) is -0.435. The molecule has 1 N–H and O–H groups in total. The fourth-order valence-electron chi connectivity index (χ4n) is 1.46. The van der Waals surface area contributed by atoms with Gasteiger partial charge in [0, 0.05) is 25.8 Å². The van der Waals surface area contributed by atoms with Gasteiger partial charge in [0.25, 0.3) is 5.24 Å². The number of likely N-dealkylation sites (N-methyl/N-ethyl adjacent to an activating group) is 1. The number of methoxy groups -OCH3 is 1. The van der Waals surface area contributed by atoms with Gasteiger partial charge in [0.2, 0.25) is 5.91 Å². The summed E-state index contributed by atoms with van der Waals surface area (Å²) < 4.78 is 4.50. The highest BCUT2D eigenvalue weighted by molar-refractivity contribution is 8.14. The molecule has 1 fully saturated rings. The molecule has 0 aromatic heterocycles. The van der Waals surface area contributed by atoms with E-state index in [0.717, 1.165) is 11.8 Å². The van der Waals surface area contributed by atoms with Crippen LogP contribution in [-0.4, -0.2) is 54.5 Å². The van der Waals surface area contributed by atoms with Crippen LogP contribution in [0.3, 0.4) is 0 Å². The van der Waals surface area contributed by atoms with Crippen LogP contribution in [0, 0.1) is 0 Å². The molecule has 7 heteroatoms. The van der Waals surface area contributed by atoms with Gasteiger partial charge in [0.15, 0.2) is 0 Å². The second-order valence-electron chi connectivity index (χ2n) is 3.73. The third kappa shape index (κ3) is 4.26. The lowest BCUT2D eigenvalue weighted by Crippen LogP contribution is -2.44. The summed E-state index contributed by atoms with van der Waals surface area (Å²) in [7, 11) is 3.00. The van der Waals surface area contributed by atoms with Crippen molar-refractivity contribution in [2.45, 2.75) is 18.9 Å². The van der Waals surface area contributed by atoms with Crippen molar-refractivity contribution >= 4 is 28.9 Å². The van der Waals surface area contributed by atoms with Gasteiger partial charge in [-0.1, -0.05) is 11.8 Å². The third-order valence-corrected chi connectivity index (χ3v) is 3.33. The number of esters is 1. The smallest absolute Gasteiger partial charge is 0.305 e. The fourth-order valence-corrected chi connectivity index (χ4v) is 2.23. The molecule has 6 nitrogen and oxygen atoms in total. The molecule has 0 spiro atoms. The van der Waals surface area contributed by atoms with Crippen molar-refractivity contribution in [2.75, 3.05) is 26.5 Å². The molecule has 0 saturated carbocycles. The number of nitrogens with one attached hydrogen (secondary N) is 1. The van der Waals surface area contributed by atoms with E-state index in [-0.39, 0.29) is 17.1 Å². The summed E-state index contributed by atoms with van der Waals surface area (Å²) in [5.74, 6) is 0.0720. The first-order valence-corrected chi connectivity index (χ1v) is 6.28. The highest BCUT2D eigenvalue weighted by Crippen LogP contribution is 2.14. The van der Waals surface area contributed by atoms with Crippen molar-refractivity contribution in [2.24, 2.45) is 0 Å². The summed E-state index contributed by atoms with van der Waals surface area (Å²) in [6.45, 7) is 0.477. The predicted octanol–water partition coefficient (Wildman–Crippen LogP) is 0.223. The van der Waals surface area contributed by atoms with Crippen molar-refractivity contribution in [3.05, 3.63) is 0 Å². The Morgan fingerprint density at radius 1 is 1.59 bits per heavy atom. The Hall–Kier alpha value is -1.24. The molecule has 0 aliphatic carbocycles. The molecule has 0 radical (unpaired) electrons. The van der Waals surface area contributed by atoms with Crippen molar-refractivity contribution in [1.29, 1.82) is 0 Å². The zero-order chi connectivity index (χ0) is 12.8. The summed E-state index contributed by atoms with van der Waals surface area (Å²) >= 11 is 1.11. The lowest BCUT2D eigenvalue weighted by molar-refractivity contribution is -0.141. The lowest BCUT2D eigenvalue weighted by atomic mass is 10.2. The molecule has 0 bridgehead atoms. The van der Waals surface area contributed by atoms with Crippen molar-refractivity contribution in [1.82, 2.24) is 10.2 Å². The Labute approximate surface area is 104 Å². The second kappa shape index (κ2) is 6.48. The van der Waals surface area contributed by atoms with Gasteiger partial charge in [-0.2, -0.15) is 0 Å². The molecule has 0 aromatic rings. The maximum Gasteiger partial charge on any atom is 0.305 e. The number of amides is 2. The normalized spacial score (nSPS) is 18.7. The molecule has 1 saturated heterocycles. The van der Waals surface area contributed by atoms with E-state index in [1.165, 1.54) is 12.0 Å². The quantitative estimate of drug-likeness (QED) is 0.716. The molecule has 96 valence electrons. The van der Waals surface area contributed by atoms with E-state index < -0.39 is 6.04 Å². The largest absolute Gasteiger partial charge is 0.469 e. The van der Waals surface area contributed by atoms with Crippen molar-refractivity contribution in [3.8, 4) is 0 Å². The van der Waals surface area contributed by atoms with E-state index in [0.29, 0.717) is 25.1 Å².